The first-order valence-electron chi connectivity index (χ1n) is 7.16. The van der Waals surface area contributed by atoms with Gasteiger partial charge in [0, 0.05) is 19.1 Å². The van der Waals surface area contributed by atoms with Gasteiger partial charge in [-0.1, -0.05) is 37.3 Å². The van der Waals surface area contributed by atoms with Crippen molar-refractivity contribution in [3.63, 3.8) is 0 Å². The van der Waals surface area contributed by atoms with Gasteiger partial charge >= 0.3 is 0 Å². The maximum absolute atomic E-state index is 5.95. The van der Waals surface area contributed by atoms with Crippen molar-refractivity contribution in [1.29, 1.82) is 0 Å². The van der Waals surface area contributed by atoms with Crippen LogP contribution in [0.25, 0.3) is 0 Å². The smallest absolute Gasteiger partial charge is 0.0221 e. The minimum absolute atomic E-state index is 0.515. The molecule has 1 fully saturated rings. The number of likely N-dealkylation sites (N-methyl/N-ethyl adjacent to an activating group) is 1. The van der Waals surface area contributed by atoms with Gasteiger partial charge in [0.2, 0.25) is 0 Å². The predicted molar refractivity (Wildman–Crippen MR) is 77.7 cm³/mol. The molecule has 100 valence electrons. The molecular weight excluding hydrogens is 220 g/mol. The van der Waals surface area contributed by atoms with Crippen LogP contribution in [0.4, 0.5) is 0 Å². The molecule has 2 atom stereocenters. The van der Waals surface area contributed by atoms with E-state index >= 15 is 0 Å². The summed E-state index contributed by atoms with van der Waals surface area (Å²) in [5.41, 5.74) is 7.38. The minimum atomic E-state index is 0.515. The zero-order chi connectivity index (χ0) is 13.0. The van der Waals surface area contributed by atoms with E-state index < -0.39 is 0 Å². The zero-order valence-electron chi connectivity index (χ0n) is 11.7. The normalized spacial score (nSPS) is 18.9. The molecule has 2 nitrogen and oxygen atoms in total. The van der Waals surface area contributed by atoms with Crippen molar-refractivity contribution >= 4 is 0 Å². The summed E-state index contributed by atoms with van der Waals surface area (Å²) in [4.78, 5) is 2.47. The number of benzene rings is 1. The zero-order valence-corrected chi connectivity index (χ0v) is 11.7. The van der Waals surface area contributed by atoms with Gasteiger partial charge in [-0.25, -0.2) is 0 Å². The summed E-state index contributed by atoms with van der Waals surface area (Å²) < 4.78 is 0. The van der Waals surface area contributed by atoms with Crippen molar-refractivity contribution in [2.45, 2.75) is 38.1 Å². The molecule has 0 amide bonds. The third-order valence-electron chi connectivity index (χ3n) is 4.13. The molecule has 0 bridgehead atoms. The Morgan fingerprint density at radius 2 is 1.94 bits per heavy atom. The molecule has 1 aromatic carbocycles. The second kappa shape index (κ2) is 6.35. The molecule has 2 rings (SSSR count). The van der Waals surface area contributed by atoms with Gasteiger partial charge in [0.1, 0.15) is 0 Å². The summed E-state index contributed by atoms with van der Waals surface area (Å²) in [5.74, 6) is 1.53. The summed E-state index contributed by atoms with van der Waals surface area (Å²) in [6.45, 7) is 4.30. The van der Waals surface area contributed by atoms with E-state index in [0.717, 1.165) is 18.9 Å². The lowest BCUT2D eigenvalue weighted by Gasteiger charge is -2.29. The van der Waals surface area contributed by atoms with Crippen LogP contribution in [0.5, 0.6) is 0 Å². The Balaban J connectivity index is 1.88. The standard InChI is InChI=1S/C16H26N2/c1-13(15-6-4-3-5-7-15)10-16(11-17)18(2)12-14-8-9-14/h3-7,13-14,16H,8-12,17H2,1-2H3. The van der Waals surface area contributed by atoms with Gasteiger partial charge in [-0.3, -0.25) is 0 Å². The van der Waals surface area contributed by atoms with E-state index in [9.17, 15) is 0 Å². The molecule has 1 aliphatic rings. The van der Waals surface area contributed by atoms with Gasteiger partial charge in [-0.05, 0) is 43.7 Å². The first-order chi connectivity index (χ1) is 8.70. The van der Waals surface area contributed by atoms with Gasteiger partial charge in [0.25, 0.3) is 0 Å². The Labute approximate surface area is 111 Å². The summed E-state index contributed by atoms with van der Waals surface area (Å²) in [6.07, 6.45) is 3.98. The number of hydrogen-bond acceptors (Lipinski definition) is 2. The average Bonchev–Trinajstić information content (AvgIpc) is 3.20. The Bertz CT molecular complexity index is 345. The third kappa shape index (κ3) is 3.82. The summed E-state index contributed by atoms with van der Waals surface area (Å²) >= 11 is 0. The quantitative estimate of drug-likeness (QED) is 0.801. The van der Waals surface area contributed by atoms with Crippen LogP contribution in [0.3, 0.4) is 0 Å². The van der Waals surface area contributed by atoms with E-state index in [-0.39, 0.29) is 0 Å². The third-order valence-corrected chi connectivity index (χ3v) is 4.13. The molecule has 18 heavy (non-hydrogen) atoms. The molecule has 1 aliphatic carbocycles. The fourth-order valence-corrected chi connectivity index (χ4v) is 2.64. The van der Waals surface area contributed by atoms with E-state index in [0.29, 0.717) is 12.0 Å². The molecule has 0 saturated heterocycles. The van der Waals surface area contributed by atoms with E-state index in [2.05, 4.69) is 49.2 Å². The SMILES string of the molecule is CC(CC(CN)N(C)CC1CC1)c1ccccc1. The van der Waals surface area contributed by atoms with Crippen LogP contribution < -0.4 is 5.73 Å². The first-order valence-corrected chi connectivity index (χ1v) is 7.16. The molecule has 2 unspecified atom stereocenters. The molecule has 0 aliphatic heterocycles. The van der Waals surface area contributed by atoms with Crippen LogP contribution >= 0.6 is 0 Å². The number of nitrogens with zero attached hydrogens (tertiary/aromatic N) is 1. The predicted octanol–water partition coefficient (Wildman–Crippen LogP) is 2.85. The number of rotatable bonds is 7. The van der Waals surface area contributed by atoms with Crippen LogP contribution in [0.1, 0.15) is 37.7 Å². The lowest BCUT2D eigenvalue weighted by Crippen LogP contribution is -2.39. The monoisotopic (exact) mass is 246 g/mol. The number of hydrogen-bond donors (Lipinski definition) is 1. The maximum Gasteiger partial charge on any atom is 0.0221 e. The molecule has 0 radical (unpaired) electrons. The second-order valence-electron chi connectivity index (χ2n) is 5.82. The fourth-order valence-electron chi connectivity index (χ4n) is 2.64. The van der Waals surface area contributed by atoms with Gasteiger partial charge in [0.15, 0.2) is 0 Å². The van der Waals surface area contributed by atoms with Crippen LogP contribution in [0, 0.1) is 5.92 Å². The lowest BCUT2D eigenvalue weighted by atomic mass is 9.93. The van der Waals surface area contributed by atoms with Crippen molar-refractivity contribution in [3.05, 3.63) is 35.9 Å². The van der Waals surface area contributed by atoms with Gasteiger partial charge in [0.05, 0.1) is 0 Å². The molecular formula is C16H26N2. The highest BCUT2D eigenvalue weighted by molar-refractivity contribution is 5.18. The molecule has 1 aromatic rings. The summed E-state index contributed by atoms with van der Waals surface area (Å²) in [5, 5.41) is 0. The Kier molecular flexibility index (Phi) is 4.79. The van der Waals surface area contributed by atoms with Crippen molar-refractivity contribution < 1.29 is 0 Å². The highest BCUT2D eigenvalue weighted by Gasteiger charge is 2.26. The number of nitrogens with two attached hydrogens (primary N) is 1. The van der Waals surface area contributed by atoms with Crippen LogP contribution in [-0.4, -0.2) is 31.1 Å². The minimum Gasteiger partial charge on any atom is -0.329 e. The summed E-state index contributed by atoms with van der Waals surface area (Å²) in [7, 11) is 2.23. The lowest BCUT2D eigenvalue weighted by molar-refractivity contribution is 0.218. The average molecular weight is 246 g/mol. The van der Waals surface area contributed by atoms with Crippen molar-refractivity contribution in [1.82, 2.24) is 4.90 Å². The molecule has 0 heterocycles. The summed E-state index contributed by atoms with van der Waals surface area (Å²) in [6, 6.07) is 11.3. The van der Waals surface area contributed by atoms with E-state index in [1.54, 1.807) is 0 Å². The van der Waals surface area contributed by atoms with Crippen LogP contribution in [0.15, 0.2) is 30.3 Å². The van der Waals surface area contributed by atoms with E-state index in [4.69, 9.17) is 5.73 Å². The van der Waals surface area contributed by atoms with Crippen molar-refractivity contribution in [2.24, 2.45) is 11.7 Å². The highest BCUT2D eigenvalue weighted by atomic mass is 15.1. The van der Waals surface area contributed by atoms with Gasteiger partial charge in [-0.15, -0.1) is 0 Å². The van der Waals surface area contributed by atoms with Crippen LogP contribution in [0.2, 0.25) is 0 Å². The molecule has 2 N–H and O–H groups in total. The van der Waals surface area contributed by atoms with E-state index in [1.165, 1.54) is 24.9 Å². The maximum atomic E-state index is 5.95. The van der Waals surface area contributed by atoms with Crippen molar-refractivity contribution in [2.75, 3.05) is 20.1 Å². The fraction of sp³-hybridized carbons (Fsp3) is 0.625. The molecule has 1 saturated carbocycles. The second-order valence-corrected chi connectivity index (χ2v) is 5.82. The molecule has 0 aromatic heterocycles. The Morgan fingerprint density at radius 3 is 2.50 bits per heavy atom. The largest absolute Gasteiger partial charge is 0.329 e. The molecule has 2 heteroatoms. The van der Waals surface area contributed by atoms with Crippen molar-refractivity contribution in [3.8, 4) is 0 Å². The highest BCUT2D eigenvalue weighted by Crippen LogP contribution is 2.31. The molecule has 0 spiro atoms. The van der Waals surface area contributed by atoms with E-state index in [1.807, 2.05) is 0 Å². The van der Waals surface area contributed by atoms with Gasteiger partial charge in [-0.2, -0.15) is 0 Å². The first kappa shape index (κ1) is 13.6. The Hall–Kier alpha value is -0.860. The Morgan fingerprint density at radius 1 is 1.28 bits per heavy atom. The van der Waals surface area contributed by atoms with Gasteiger partial charge < -0.3 is 10.6 Å². The topological polar surface area (TPSA) is 29.3 Å². The van der Waals surface area contributed by atoms with Crippen LogP contribution in [-0.2, 0) is 0 Å².